The van der Waals surface area contributed by atoms with Crippen LogP contribution in [0.5, 0.6) is 0 Å². The second-order valence-electron chi connectivity index (χ2n) is 3.40. The van der Waals surface area contributed by atoms with E-state index in [0.717, 1.165) is 5.56 Å². The van der Waals surface area contributed by atoms with Crippen LogP contribution in [0.3, 0.4) is 0 Å². The van der Waals surface area contributed by atoms with Gasteiger partial charge in [-0.15, -0.1) is 0 Å². The topological polar surface area (TPSA) is 50.1 Å². The molecule has 3 nitrogen and oxygen atoms in total. The average molecular weight is 217 g/mol. The van der Waals surface area contributed by atoms with Gasteiger partial charge in [0.15, 0.2) is 0 Å². The van der Waals surface area contributed by atoms with Gasteiger partial charge in [-0.25, -0.2) is 4.79 Å². The van der Waals surface area contributed by atoms with Crippen LogP contribution in [0.4, 0.5) is 0 Å². The van der Waals surface area contributed by atoms with Crippen molar-refractivity contribution in [1.82, 2.24) is 0 Å². The van der Waals surface area contributed by atoms with Crippen molar-refractivity contribution in [3.05, 3.63) is 35.4 Å². The van der Waals surface area contributed by atoms with Crippen molar-refractivity contribution in [3.63, 3.8) is 0 Å². The zero-order valence-corrected chi connectivity index (χ0v) is 9.56. The third-order valence-electron chi connectivity index (χ3n) is 2.40. The van der Waals surface area contributed by atoms with Crippen LogP contribution in [0.15, 0.2) is 24.3 Å². The predicted molar refractivity (Wildman–Crippen MR) is 61.0 cm³/mol. The summed E-state index contributed by atoms with van der Waals surface area (Å²) >= 11 is 0. The number of esters is 1. The molecule has 0 saturated carbocycles. The zero-order valence-electron chi connectivity index (χ0n) is 9.56. The number of nitriles is 1. The van der Waals surface area contributed by atoms with Gasteiger partial charge in [-0.2, -0.15) is 5.26 Å². The molecule has 0 aromatic heterocycles. The summed E-state index contributed by atoms with van der Waals surface area (Å²) in [6.45, 7) is 4.04. The minimum Gasteiger partial charge on any atom is -0.462 e. The Bertz CT molecular complexity index is 407. The summed E-state index contributed by atoms with van der Waals surface area (Å²) in [7, 11) is 0. The maximum atomic E-state index is 11.7. The molecule has 0 aliphatic carbocycles. The number of hydrogen-bond donors (Lipinski definition) is 0. The van der Waals surface area contributed by atoms with Gasteiger partial charge in [0.2, 0.25) is 0 Å². The highest BCUT2D eigenvalue weighted by Crippen LogP contribution is 2.23. The molecule has 3 heteroatoms. The Morgan fingerprint density at radius 3 is 2.69 bits per heavy atom. The van der Waals surface area contributed by atoms with Gasteiger partial charge in [-0.1, -0.05) is 25.1 Å². The summed E-state index contributed by atoms with van der Waals surface area (Å²) in [6.07, 6.45) is 0.687. The smallest absolute Gasteiger partial charge is 0.338 e. The average Bonchev–Trinajstić information content (AvgIpc) is 2.31. The Kier molecular flexibility index (Phi) is 4.53. The molecule has 0 N–H and O–H groups in total. The lowest BCUT2D eigenvalue weighted by atomic mass is 9.93. The first-order valence-electron chi connectivity index (χ1n) is 5.40. The second kappa shape index (κ2) is 5.92. The number of nitrogens with zero attached hydrogens (tertiary/aromatic N) is 1. The number of carbonyl (C=O) groups excluding carboxylic acids is 1. The van der Waals surface area contributed by atoms with Crippen molar-refractivity contribution in [2.45, 2.75) is 26.2 Å². The monoisotopic (exact) mass is 217 g/mol. The van der Waals surface area contributed by atoms with Crippen LogP contribution in [0.25, 0.3) is 0 Å². The lowest BCUT2D eigenvalue weighted by Crippen LogP contribution is -2.10. The second-order valence-corrected chi connectivity index (χ2v) is 3.40. The molecule has 16 heavy (non-hydrogen) atoms. The van der Waals surface area contributed by atoms with E-state index in [-0.39, 0.29) is 11.9 Å². The summed E-state index contributed by atoms with van der Waals surface area (Å²) in [6, 6.07) is 9.32. The van der Waals surface area contributed by atoms with E-state index in [2.05, 4.69) is 6.07 Å². The first-order valence-corrected chi connectivity index (χ1v) is 5.40. The molecule has 0 heterocycles. The molecule has 0 amide bonds. The van der Waals surface area contributed by atoms with Crippen LogP contribution < -0.4 is 0 Å². The van der Waals surface area contributed by atoms with Crippen molar-refractivity contribution in [1.29, 1.82) is 5.26 Å². The van der Waals surface area contributed by atoms with Crippen molar-refractivity contribution in [2.75, 3.05) is 6.61 Å². The standard InChI is InChI=1S/C13H15NO2/c1-3-10(9-14)11-7-5-6-8-12(11)13(15)16-4-2/h5-8,10H,3-4H2,1-2H3. The van der Waals surface area contributed by atoms with E-state index in [1.54, 1.807) is 19.1 Å². The van der Waals surface area contributed by atoms with Crippen LogP contribution in [-0.4, -0.2) is 12.6 Å². The minimum atomic E-state index is -0.355. The van der Waals surface area contributed by atoms with Crippen LogP contribution in [0.1, 0.15) is 42.1 Å². The summed E-state index contributed by atoms with van der Waals surface area (Å²) in [5, 5.41) is 9.01. The first-order chi connectivity index (χ1) is 7.74. The van der Waals surface area contributed by atoms with Gasteiger partial charge in [0.05, 0.1) is 24.2 Å². The van der Waals surface area contributed by atoms with Crippen molar-refractivity contribution < 1.29 is 9.53 Å². The first kappa shape index (κ1) is 12.3. The Balaban J connectivity index is 3.10. The fraction of sp³-hybridized carbons (Fsp3) is 0.385. The number of hydrogen-bond acceptors (Lipinski definition) is 3. The number of rotatable bonds is 4. The number of ether oxygens (including phenoxy) is 1. The van der Waals surface area contributed by atoms with E-state index >= 15 is 0 Å². The third kappa shape index (κ3) is 2.60. The van der Waals surface area contributed by atoms with E-state index in [1.807, 2.05) is 19.1 Å². The Labute approximate surface area is 95.7 Å². The lowest BCUT2D eigenvalue weighted by Gasteiger charge is -2.11. The molecule has 0 spiro atoms. The predicted octanol–water partition coefficient (Wildman–Crippen LogP) is 2.88. The quantitative estimate of drug-likeness (QED) is 0.728. The van der Waals surface area contributed by atoms with Gasteiger partial charge < -0.3 is 4.74 Å². The fourth-order valence-electron chi connectivity index (χ4n) is 1.58. The molecular formula is C13H15NO2. The molecule has 0 aliphatic rings. The fourth-order valence-corrected chi connectivity index (χ4v) is 1.58. The van der Waals surface area contributed by atoms with Crippen LogP contribution in [0, 0.1) is 11.3 Å². The zero-order chi connectivity index (χ0) is 12.0. The largest absolute Gasteiger partial charge is 0.462 e. The van der Waals surface area contributed by atoms with Crippen molar-refractivity contribution in [2.24, 2.45) is 0 Å². The Morgan fingerprint density at radius 2 is 2.12 bits per heavy atom. The van der Waals surface area contributed by atoms with Crippen LogP contribution >= 0.6 is 0 Å². The lowest BCUT2D eigenvalue weighted by molar-refractivity contribution is 0.0525. The summed E-state index contributed by atoms with van der Waals surface area (Å²) < 4.78 is 4.96. The molecule has 84 valence electrons. The number of carbonyl (C=O) groups is 1. The van der Waals surface area contributed by atoms with Gasteiger partial charge >= 0.3 is 5.97 Å². The van der Waals surface area contributed by atoms with Gasteiger partial charge in [0, 0.05) is 0 Å². The summed E-state index contributed by atoms with van der Waals surface area (Å²) in [4.78, 5) is 11.7. The van der Waals surface area contributed by atoms with E-state index in [1.165, 1.54) is 0 Å². The Hall–Kier alpha value is -1.82. The molecule has 1 atom stereocenters. The SMILES string of the molecule is CCOC(=O)c1ccccc1C(C#N)CC. The molecule has 0 aliphatic heterocycles. The maximum Gasteiger partial charge on any atom is 0.338 e. The van der Waals surface area contributed by atoms with Crippen molar-refractivity contribution in [3.8, 4) is 6.07 Å². The van der Waals surface area contributed by atoms with Crippen LogP contribution in [0.2, 0.25) is 0 Å². The summed E-state index contributed by atoms with van der Waals surface area (Å²) in [5.74, 6) is -0.604. The molecule has 1 aromatic rings. The van der Waals surface area contributed by atoms with Gasteiger partial charge in [0.1, 0.15) is 0 Å². The van der Waals surface area contributed by atoms with Crippen LogP contribution in [-0.2, 0) is 4.74 Å². The Morgan fingerprint density at radius 1 is 1.44 bits per heavy atom. The molecule has 1 rings (SSSR count). The maximum absolute atomic E-state index is 11.7. The summed E-state index contributed by atoms with van der Waals surface area (Å²) in [5.41, 5.74) is 1.25. The molecule has 0 radical (unpaired) electrons. The molecule has 1 unspecified atom stereocenters. The highest BCUT2D eigenvalue weighted by atomic mass is 16.5. The van der Waals surface area contributed by atoms with Gasteiger partial charge in [-0.05, 0) is 25.0 Å². The van der Waals surface area contributed by atoms with Gasteiger partial charge in [-0.3, -0.25) is 0 Å². The highest BCUT2D eigenvalue weighted by molar-refractivity contribution is 5.91. The van der Waals surface area contributed by atoms with E-state index in [0.29, 0.717) is 18.6 Å². The molecule has 1 aromatic carbocycles. The normalized spacial score (nSPS) is 11.6. The molecular weight excluding hydrogens is 202 g/mol. The molecule has 0 fully saturated rings. The third-order valence-corrected chi connectivity index (χ3v) is 2.40. The highest BCUT2D eigenvalue weighted by Gasteiger charge is 2.17. The van der Waals surface area contributed by atoms with Gasteiger partial charge in [0.25, 0.3) is 0 Å². The van der Waals surface area contributed by atoms with Crippen molar-refractivity contribution >= 4 is 5.97 Å². The van der Waals surface area contributed by atoms with E-state index in [9.17, 15) is 4.79 Å². The molecule has 0 saturated heterocycles. The van der Waals surface area contributed by atoms with E-state index < -0.39 is 0 Å². The minimum absolute atomic E-state index is 0.249. The molecule has 0 bridgehead atoms. The van der Waals surface area contributed by atoms with E-state index in [4.69, 9.17) is 10.00 Å². The number of benzene rings is 1.